The first kappa shape index (κ1) is 91.2. The van der Waals surface area contributed by atoms with Gasteiger partial charge in [0.1, 0.15) is 69.2 Å². The third kappa shape index (κ3) is 22.2. The molecule has 1 atom stereocenters. The normalized spacial score (nSPS) is 12.1. The van der Waals surface area contributed by atoms with Crippen LogP contribution in [0.15, 0.2) is 205 Å². The number of carboxylic acid groups (broad SMARTS) is 1. The summed E-state index contributed by atoms with van der Waals surface area (Å²) in [7, 11) is 7.45. The number of hydrogen-bond donors (Lipinski definition) is 11. The lowest BCUT2D eigenvalue weighted by molar-refractivity contribution is 0.0692. The fourth-order valence-corrected chi connectivity index (χ4v) is 13.7. The molecule has 10 aromatic carbocycles. The van der Waals surface area contributed by atoms with Gasteiger partial charge in [0.2, 0.25) is 0 Å². The number of nitrogens with two attached hydrogens (primary N) is 1. The molecule has 1 fully saturated rings. The van der Waals surface area contributed by atoms with Gasteiger partial charge in [-0.05, 0) is 210 Å². The van der Waals surface area contributed by atoms with E-state index >= 15 is 0 Å². The van der Waals surface area contributed by atoms with Gasteiger partial charge >= 0.3 is 5.97 Å². The number of aliphatic hydroxyl groups excluding tert-OH is 1. The van der Waals surface area contributed by atoms with Gasteiger partial charge in [0.25, 0.3) is 23.6 Å². The van der Waals surface area contributed by atoms with Crippen LogP contribution in [0.3, 0.4) is 0 Å². The van der Waals surface area contributed by atoms with Gasteiger partial charge in [-0.1, -0.05) is 105 Å². The zero-order chi connectivity index (χ0) is 92.1. The molecule has 0 saturated heterocycles. The molecule has 1 saturated carbocycles. The molecule has 0 radical (unpaired) electrons. The average molecular weight is 1760 g/mol. The first-order valence-corrected chi connectivity index (χ1v) is 40.4. The van der Waals surface area contributed by atoms with Crippen LogP contribution in [0, 0.1) is 35.0 Å². The molecule has 662 valence electrons. The van der Waals surface area contributed by atoms with E-state index in [2.05, 4.69) is 66.9 Å². The number of aromatic amines is 5. The number of carbonyl (C=O) groups is 5. The Balaban J connectivity index is 0.000000139. The molecule has 27 nitrogen and oxygen atoms in total. The number of fused-ring (bicyclic) bond motifs is 5. The number of primary amides is 1. The van der Waals surface area contributed by atoms with Crippen molar-refractivity contribution < 1.29 is 84.2 Å². The number of amides is 4. The summed E-state index contributed by atoms with van der Waals surface area (Å²) in [6.45, 7) is 3.98. The second-order valence-corrected chi connectivity index (χ2v) is 29.5. The quantitative estimate of drug-likeness (QED) is 0.0224. The number of carbonyl (C=O) groups excluding carboxylic acids is 4. The summed E-state index contributed by atoms with van der Waals surface area (Å²) in [5, 5.41) is 66.5. The van der Waals surface area contributed by atoms with Crippen molar-refractivity contribution in [3.8, 4) is 28.7 Å². The smallest absolute Gasteiger partial charge is 0.339 e. The predicted octanol–water partition coefficient (Wildman–Crippen LogP) is 18.4. The Morgan fingerprint density at radius 1 is 0.408 bits per heavy atom. The van der Waals surface area contributed by atoms with Gasteiger partial charge in [-0.15, -0.1) is 0 Å². The van der Waals surface area contributed by atoms with Crippen molar-refractivity contribution in [1.29, 1.82) is 0 Å². The fraction of sp³-hybridized carbons (Fsp3) is 0.143. The van der Waals surface area contributed by atoms with Gasteiger partial charge in [-0.3, -0.25) is 44.7 Å². The molecule has 16 aromatic rings. The summed E-state index contributed by atoms with van der Waals surface area (Å²) in [6, 6.07) is 50.7. The zero-order valence-electron chi connectivity index (χ0n) is 71.0. The summed E-state index contributed by atoms with van der Waals surface area (Å²) in [4.78, 5) is 60.8. The lowest BCUT2D eigenvalue weighted by Crippen LogP contribution is -2.41. The summed E-state index contributed by atoms with van der Waals surface area (Å²) in [6.07, 6.45) is 21.7. The van der Waals surface area contributed by atoms with Gasteiger partial charge < -0.3 is 60.0 Å². The lowest BCUT2D eigenvalue weighted by Gasteiger charge is -2.20. The highest BCUT2D eigenvalue weighted by Gasteiger charge is 2.29. The monoisotopic (exact) mass is 1760 g/mol. The molecule has 17 rings (SSSR count). The van der Waals surface area contributed by atoms with Crippen molar-refractivity contribution in [2.75, 3.05) is 42.2 Å². The molecule has 4 amide bonds. The number of aliphatic hydroxyl groups is 1. The first-order valence-electron chi connectivity index (χ1n) is 40.4. The van der Waals surface area contributed by atoms with Gasteiger partial charge in [0.15, 0.2) is 0 Å². The SMILES string of the molecule is COc1c(C(=O)NC2CC2)ccc2n[nH]c(/C=C/c3ccc(F)cc3)c12.COc1c(C(=O)NCc2ccco2)ccc2n[nH]c(/C=C/c3ccc(F)cc3)c12.COc1c(C(=O)N[C@H](CO)C(C)C)ccc2n[nH]c(/C=C/c3ccc(F)cc3)c12.COc1c(C(=O)O)ccc2n[nH]c(/C=C/c3ccc(F)cc3)c12.COc1c(C(N)=O)ccc2n[nH]c(/C=C/c3ccc(F)cc3)c12. The number of ether oxygens (including phenoxy) is 5. The molecule has 6 aromatic heterocycles. The van der Waals surface area contributed by atoms with Crippen LogP contribution < -0.4 is 45.4 Å². The largest absolute Gasteiger partial charge is 0.495 e. The van der Waals surface area contributed by atoms with E-state index in [1.54, 1.807) is 165 Å². The van der Waals surface area contributed by atoms with Crippen molar-refractivity contribution >= 4 is 145 Å². The highest BCUT2D eigenvalue weighted by atomic mass is 19.1. The number of carboxylic acids is 1. The van der Waals surface area contributed by atoms with Crippen LogP contribution in [-0.4, -0.2) is 145 Å². The number of H-pyrrole nitrogens is 5. The topological polar surface area (TPSA) is 391 Å². The van der Waals surface area contributed by atoms with E-state index in [1.165, 1.54) is 95.2 Å². The lowest BCUT2D eigenvalue weighted by atomic mass is 10.0. The molecule has 0 aliphatic heterocycles. The number of furan rings is 1. The minimum absolute atomic E-state index is 0.0674. The molecule has 32 heteroatoms. The Hall–Kier alpha value is -16.5. The third-order valence-electron chi connectivity index (χ3n) is 20.6. The molecule has 1 aliphatic carbocycles. The van der Waals surface area contributed by atoms with Gasteiger partial charge in [-0.2, -0.15) is 25.5 Å². The van der Waals surface area contributed by atoms with Crippen LogP contribution in [0.25, 0.3) is 115 Å². The number of aromatic carboxylic acids is 1. The van der Waals surface area contributed by atoms with Crippen LogP contribution in [0.4, 0.5) is 22.0 Å². The van der Waals surface area contributed by atoms with Crippen LogP contribution in [0.5, 0.6) is 28.7 Å². The molecule has 0 bridgehead atoms. The second kappa shape index (κ2) is 42.5. The molecule has 130 heavy (non-hydrogen) atoms. The maximum absolute atomic E-state index is 13.1. The summed E-state index contributed by atoms with van der Waals surface area (Å²) in [5.41, 5.74) is 17.8. The van der Waals surface area contributed by atoms with Crippen LogP contribution in [-0.2, 0) is 6.54 Å². The van der Waals surface area contributed by atoms with E-state index in [1.807, 2.05) is 50.3 Å². The molecule has 0 spiro atoms. The van der Waals surface area contributed by atoms with Crippen molar-refractivity contribution in [2.45, 2.75) is 45.3 Å². The highest BCUT2D eigenvalue weighted by Crippen LogP contribution is 2.39. The van der Waals surface area contributed by atoms with E-state index in [-0.39, 0.29) is 94.8 Å². The van der Waals surface area contributed by atoms with E-state index in [0.717, 1.165) is 51.7 Å². The standard InChI is InChI=1S/C22H18FN3O3.C22H24FN3O3.C20H18FN3O2.C17H14FN3O2.C17H13FN2O3/c1-28-21-17(22(27)24-13-16-3-2-12-29-16)9-11-19-20(21)18(25-26-19)10-6-14-4-7-15(23)8-5-14;1-13(2)19(12-27)24-22(28)16-9-11-18-20(21(16)29-3)17(25-26-18)10-6-14-4-7-15(23)8-5-14;1-26-19-15(20(25)22-14-7-8-14)9-11-17-18(19)16(23-24-17)10-4-12-2-5-13(21)6-3-12;1-23-16-12(17(19)22)7-9-14-15(16)13(20-21-14)8-4-10-2-5-11(18)6-3-10;1-23-16-12(17(21)22)7-9-14-15(16)13(19-20-14)8-4-10-2-5-11(18)6-3-10/h2-12H,13H2,1H3,(H,24,27)(H,25,26);4-11,13,19,27H,12H2,1-3H3,(H,24,28)(H,25,26);2-6,9-11,14H,7-8H2,1H3,(H,22,25)(H,23,24);2-9H,1H3,(H2,19,22)(H,20,21);2-9H,1H3,(H,19,20)(H,21,22)/b2*10-6+;10-4+;2*8-4+/t;19-;;;/m.1.../s1. The number of nitrogens with zero attached hydrogens (tertiary/aromatic N) is 5. The second-order valence-electron chi connectivity index (χ2n) is 29.5. The maximum Gasteiger partial charge on any atom is 0.339 e. The van der Waals surface area contributed by atoms with E-state index in [9.17, 15) is 56.1 Å². The molecular formula is C98H87F5N14O13. The Morgan fingerprint density at radius 2 is 0.692 bits per heavy atom. The number of halogens is 5. The Labute approximate surface area is 739 Å². The van der Waals surface area contributed by atoms with Crippen LogP contribution in [0.2, 0.25) is 0 Å². The number of nitrogens with one attached hydrogen (secondary N) is 8. The zero-order valence-corrected chi connectivity index (χ0v) is 71.0. The third-order valence-corrected chi connectivity index (χ3v) is 20.6. The van der Waals surface area contributed by atoms with Gasteiger partial charge in [0, 0.05) is 6.04 Å². The molecular weight excluding hydrogens is 1680 g/mol. The number of rotatable bonds is 26. The van der Waals surface area contributed by atoms with Crippen LogP contribution >= 0.6 is 0 Å². The summed E-state index contributed by atoms with van der Waals surface area (Å²) in [5.74, 6) is -1.16. The fourth-order valence-electron chi connectivity index (χ4n) is 13.7. The minimum Gasteiger partial charge on any atom is -0.495 e. The predicted molar refractivity (Wildman–Crippen MR) is 489 cm³/mol. The minimum atomic E-state index is -1.07. The van der Waals surface area contributed by atoms with Crippen molar-refractivity contribution in [3.05, 3.63) is 319 Å². The van der Waals surface area contributed by atoms with Crippen molar-refractivity contribution in [1.82, 2.24) is 66.9 Å². The number of benzene rings is 10. The van der Waals surface area contributed by atoms with Crippen molar-refractivity contribution in [2.24, 2.45) is 11.7 Å². The van der Waals surface area contributed by atoms with E-state index in [0.29, 0.717) is 117 Å². The Kier molecular flexibility index (Phi) is 29.8. The van der Waals surface area contributed by atoms with E-state index in [4.69, 9.17) is 33.8 Å². The molecule has 12 N–H and O–H groups in total. The average Bonchev–Trinajstić information content (AvgIpc) is 1.67. The number of aromatic nitrogens is 10. The van der Waals surface area contributed by atoms with Crippen LogP contribution in [0.1, 0.15) is 141 Å². The maximum atomic E-state index is 13.1. The Bertz CT molecular complexity index is 6730. The van der Waals surface area contributed by atoms with E-state index < -0.39 is 11.9 Å². The van der Waals surface area contributed by atoms with Crippen molar-refractivity contribution in [3.63, 3.8) is 0 Å². The summed E-state index contributed by atoms with van der Waals surface area (Å²) < 4.78 is 97.5. The number of methoxy groups -OCH3 is 5. The highest BCUT2D eigenvalue weighted by molar-refractivity contribution is 6.10. The first-order chi connectivity index (χ1) is 62.9. The summed E-state index contributed by atoms with van der Waals surface area (Å²) >= 11 is 0. The number of hydrogen-bond acceptors (Lipinski definition) is 17. The molecule has 6 heterocycles. The molecule has 0 unspecified atom stereocenters. The molecule has 1 aliphatic rings. The van der Waals surface area contributed by atoms with Gasteiger partial charge in [0.05, 0.1) is 166 Å². The van der Waals surface area contributed by atoms with Gasteiger partial charge in [-0.25, -0.2) is 26.7 Å². The Morgan fingerprint density at radius 3 is 0.962 bits per heavy atom.